The molecule has 0 fully saturated rings. The van der Waals surface area contributed by atoms with Gasteiger partial charge in [-0.1, -0.05) is 11.8 Å². The molecule has 0 radical (unpaired) electrons. The highest BCUT2D eigenvalue weighted by atomic mass is 32.2. The molecule has 13 heteroatoms. The third-order valence-corrected chi connectivity index (χ3v) is 4.14. The number of primary amides is 1. The Morgan fingerprint density at radius 3 is 2.75 bits per heavy atom. The summed E-state index contributed by atoms with van der Waals surface area (Å²) in [5, 5.41) is 20.4. The molecular formula is C15H15F3N6O3S. The SMILES string of the molecule is N=C(Nc1ccc(F)c(C(F)F)c1)c1nonc1SCCNC(=O)CC(N)=O. The zero-order valence-corrected chi connectivity index (χ0v) is 15.0. The number of rotatable bonds is 9. The van der Waals surface area contributed by atoms with Gasteiger partial charge in [-0.3, -0.25) is 15.0 Å². The van der Waals surface area contributed by atoms with E-state index in [1.165, 1.54) is 6.07 Å². The van der Waals surface area contributed by atoms with Crippen molar-refractivity contribution in [1.29, 1.82) is 5.41 Å². The number of benzene rings is 1. The van der Waals surface area contributed by atoms with Gasteiger partial charge in [-0.05, 0) is 28.5 Å². The van der Waals surface area contributed by atoms with Gasteiger partial charge < -0.3 is 16.4 Å². The summed E-state index contributed by atoms with van der Waals surface area (Å²) in [6, 6.07) is 2.95. The highest BCUT2D eigenvalue weighted by molar-refractivity contribution is 7.99. The van der Waals surface area contributed by atoms with Crippen LogP contribution in [0.2, 0.25) is 0 Å². The molecule has 5 N–H and O–H groups in total. The molecule has 2 aromatic rings. The van der Waals surface area contributed by atoms with E-state index in [1.54, 1.807) is 0 Å². The number of anilines is 1. The zero-order valence-electron chi connectivity index (χ0n) is 14.2. The number of nitrogens with two attached hydrogens (primary N) is 1. The number of halogens is 3. The van der Waals surface area contributed by atoms with Gasteiger partial charge in [0.1, 0.15) is 12.2 Å². The minimum Gasteiger partial charge on any atom is -0.369 e. The Morgan fingerprint density at radius 2 is 2.07 bits per heavy atom. The predicted octanol–water partition coefficient (Wildman–Crippen LogP) is 1.67. The van der Waals surface area contributed by atoms with Crippen molar-refractivity contribution in [2.75, 3.05) is 17.6 Å². The summed E-state index contributed by atoms with van der Waals surface area (Å²) in [6.07, 6.45) is -3.42. The van der Waals surface area contributed by atoms with Gasteiger partial charge in [-0.15, -0.1) is 0 Å². The first-order chi connectivity index (χ1) is 13.3. The molecule has 1 aromatic heterocycles. The summed E-state index contributed by atoms with van der Waals surface area (Å²) >= 11 is 1.10. The van der Waals surface area contributed by atoms with Crippen molar-refractivity contribution in [3.63, 3.8) is 0 Å². The largest absolute Gasteiger partial charge is 0.369 e. The first-order valence-corrected chi connectivity index (χ1v) is 8.70. The van der Waals surface area contributed by atoms with E-state index < -0.39 is 36.0 Å². The molecule has 0 aliphatic carbocycles. The molecule has 0 spiro atoms. The third kappa shape index (κ3) is 5.97. The number of carbonyl (C=O) groups is 2. The summed E-state index contributed by atoms with van der Waals surface area (Å²) in [5.74, 6) is -2.29. The van der Waals surface area contributed by atoms with E-state index in [4.69, 9.17) is 11.1 Å². The van der Waals surface area contributed by atoms with Crippen LogP contribution in [0.4, 0.5) is 18.9 Å². The number of aromatic nitrogens is 2. The van der Waals surface area contributed by atoms with E-state index in [-0.39, 0.29) is 28.8 Å². The lowest BCUT2D eigenvalue weighted by Crippen LogP contribution is -2.30. The van der Waals surface area contributed by atoms with Crippen molar-refractivity contribution >= 4 is 35.1 Å². The lowest BCUT2D eigenvalue weighted by atomic mass is 10.2. The molecule has 0 aliphatic rings. The van der Waals surface area contributed by atoms with Crippen LogP contribution in [0.1, 0.15) is 24.1 Å². The molecule has 0 bridgehead atoms. The summed E-state index contributed by atoms with van der Waals surface area (Å²) < 4.78 is 43.5. The minimum atomic E-state index is -3.00. The Morgan fingerprint density at radius 1 is 1.32 bits per heavy atom. The molecule has 2 rings (SSSR count). The number of nitrogens with one attached hydrogen (secondary N) is 3. The van der Waals surface area contributed by atoms with Crippen LogP contribution in [0, 0.1) is 11.2 Å². The number of nitrogens with zero attached hydrogens (tertiary/aromatic N) is 2. The maximum atomic E-state index is 13.3. The molecule has 1 aromatic carbocycles. The topological polar surface area (TPSA) is 147 Å². The van der Waals surface area contributed by atoms with Gasteiger partial charge in [0.2, 0.25) is 11.8 Å². The van der Waals surface area contributed by atoms with Crippen molar-refractivity contribution in [3.8, 4) is 0 Å². The van der Waals surface area contributed by atoms with Gasteiger partial charge in [-0.2, -0.15) is 0 Å². The van der Waals surface area contributed by atoms with E-state index in [1.807, 2.05) is 0 Å². The van der Waals surface area contributed by atoms with Crippen molar-refractivity contribution in [2.24, 2.45) is 5.73 Å². The molecule has 28 heavy (non-hydrogen) atoms. The van der Waals surface area contributed by atoms with E-state index in [9.17, 15) is 22.8 Å². The second kappa shape index (κ2) is 9.73. The highest BCUT2D eigenvalue weighted by Gasteiger charge is 2.18. The smallest absolute Gasteiger partial charge is 0.266 e. The third-order valence-electron chi connectivity index (χ3n) is 3.19. The lowest BCUT2D eigenvalue weighted by molar-refractivity contribution is -0.127. The van der Waals surface area contributed by atoms with Gasteiger partial charge >= 0.3 is 0 Å². The maximum absolute atomic E-state index is 13.3. The fourth-order valence-electron chi connectivity index (χ4n) is 1.98. The average Bonchev–Trinajstić information content (AvgIpc) is 3.08. The minimum absolute atomic E-state index is 0.0105. The average molecular weight is 416 g/mol. The standard InChI is InChI=1S/C15H15F3N6O3S/c16-9-2-1-7(5-8(9)13(17)18)22-14(20)12-15(24-27-23-12)28-4-3-21-11(26)6-10(19)25/h1-2,5,13H,3-4,6H2,(H2,19,25)(H2,20,22)(H,21,26). The molecule has 0 unspecified atom stereocenters. The summed E-state index contributed by atoms with van der Waals surface area (Å²) in [6.45, 7) is 0.194. The van der Waals surface area contributed by atoms with Crippen LogP contribution in [0.5, 0.6) is 0 Å². The molecule has 0 atom stereocenters. The molecular weight excluding hydrogens is 401 g/mol. The van der Waals surface area contributed by atoms with Gasteiger partial charge in [0.25, 0.3) is 6.43 Å². The molecule has 9 nitrogen and oxygen atoms in total. The maximum Gasteiger partial charge on any atom is 0.266 e. The van der Waals surface area contributed by atoms with Crippen molar-refractivity contribution < 1.29 is 27.4 Å². The number of alkyl halides is 2. The van der Waals surface area contributed by atoms with Crippen LogP contribution in [0.3, 0.4) is 0 Å². The van der Waals surface area contributed by atoms with Crippen LogP contribution in [-0.4, -0.2) is 40.3 Å². The fourth-order valence-corrected chi connectivity index (χ4v) is 2.74. The highest BCUT2D eigenvalue weighted by Crippen LogP contribution is 2.26. The Labute approximate surface area is 160 Å². The zero-order chi connectivity index (χ0) is 20.7. The molecule has 150 valence electrons. The van der Waals surface area contributed by atoms with Crippen LogP contribution in [-0.2, 0) is 9.59 Å². The van der Waals surface area contributed by atoms with Crippen molar-refractivity contribution in [1.82, 2.24) is 15.6 Å². The van der Waals surface area contributed by atoms with Crippen molar-refractivity contribution in [3.05, 3.63) is 35.3 Å². The van der Waals surface area contributed by atoms with E-state index >= 15 is 0 Å². The first-order valence-electron chi connectivity index (χ1n) is 7.71. The Kier molecular flexibility index (Phi) is 7.37. The molecule has 0 saturated heterocycles. The van der Waals surface area contributed by atoms with Crippen LogP contribution >= 0.6 is 11.8 Å². The van der Waals surface area contributed by atoms with E-state index in [0.717, 1.165) is 23.9 Å². The van der Waals surface area contributed by atoms with Crippen LogP contribution in [0.15, 0.2) is 27.9 Å². The quantitative estimate of drug-likeness (QED) is 0.160. The normalized spacial score (nSPS) is 10.7. The second-order valence-corrected chi connectivity index (χ2v) is 6.38. The summed E-state index contributed by atoms with van der Waals surface area (Å²) in [4.78, 5) is 21.9. The monoisotopic (exact) mass is 416 g/mol. The number of amides is 2. The van der Waals surface area contributed by atoms with E-state index in [2.05, 4.69) is 25.6 Å². The predicted molar refractivity (Wildman–Crippen MR) is 93.7 cm³/mol. The Bertz CT molecular complexity index is 876. The fraction of sp³-hybridized carbons (Fsp3) is 0.267. The number of hydrogen-bond acceptors (Lipinski definition) is 7. The van der Waals surface area contributed by atoms with Crippen LogP contribution in [0.25, 0.3) is 0 Å². The number of thioether (sulfide) groups is 1. The van der Waals surface area contributed by atoms with Gasteiger partial charge in [-0.25, -0.2) is 17.8 Å². The number of hydrogen-bond donors (Lipinski definition) is 4. The summed E-state index contributed by atoms with van der Waals surface area (Å²) in [5.41, 5.74) is 4.18. The van der Waals surface area contributed by atoms with Crippen molar-refractivity contribution in [2.45, 2.75) is 17.9 Å². The Hall–Kier alpha value is -3.09. The molecule has 0 aliphatic heterocycles. The summed E-state index contributed by atoms with van der Waals surface area (Å²) in [7, 11) is 0. The number of amidine groups is 1. The molecule has 1 heterocycles. The van der Waals surface area contributed by atoms with Gasteiger partial charge in [0, 0.05) is 18.0 Å². The molecule has 2 amide bonds. The van der Waals surface area contributed by atoms with E-state index in [0.29, 0.717) is 5.75 Å². The molecule has 0 saturated carbocycles. The second-order valence-electron chi connectivity index (χ2n) is 5.30. The number of carbonyl (C=O) groups excluding carboxylic acids is 2. The van der Waals surface area contributed by atoms with Gasteiger partial charge in [0.15, 0.2) is 16.6 Å². The lowest BCUT2D eigenvalue weighted by Gasteiger charge is -2.09. The van der Waals surface area contributed by atoms with Crippen LogP contribution < -0.4 is 16.4 Å². The van der Waals surface area contributed by atoms with Gasteiger partial charge in [0.05, 0.1) is 5.56 Å². The first kappa shape index (κ1) is 21.2. The Balaban J connectivity index is 1.94.